The Bertz CT molecular complexity index is 490. The molecule has 0 radical (unpaired) electrons. The van der Waals surface area contributed by atoms with E-state index in [1.165, 1.54) is 6.08 Å². The number of nitrogens with one attached hydrogen (secondary N) is 1. The van der Waals surface area contributed by atoms with Gasteiger partial charge in [-0.2, -0.15) is 0 Å². The van der Waals surface area contributed by atoms with Crippen LogP contribution in [0.2, 0.25) is 0 Å². The number of carbonyl (C=O) groups is 2. The molecule has 1 rings (SSSR count). The minimum Gasteiger partial charge on any atom is -0.480 e. The highest BCUT2D eigenvalue weighted by atomic mass is 79.9. The summed E-state index contributed by atoms with van der Waals surface area (Å²) in [7, 11) is 0. The summed E-state index contributed by atoms with van der Waals surface area (Å²) in [4.78, 5) is 22.8. The van der Waals surface area contributed by atoms with Gasteiger partial charge in [-0.15, -0.1) is 6.58 Å². The third-order valence-electron chi connectivity index (χ3n) is 2.41. The van der Waals surface area contributed by atoms with E-state index in [9.17, 15) is 9.59 Å². The number of rotatable bonds is 8. The lowest BCUT2D eigenvalue weighted by atomic mass is 10.1. The second kappa shape index (κ2) is 8.50. The summed E-state index contributed by atoms with van der Waals surface area (Å²) in [5, 5.41) is 11.4. The number of halogens is 1. The van der Waals surface area contributed by atoms with Crippen molar-refractivity contribution in [3.63, 3.8) is 0 Å². The molecule has 0 fully saturated rings. The highest BCUT2D eigenvalue weighted by molar-refractivity contribution is 9.10. The number of carbonyl (C=O) groups excluding carboxylic acids is 1. The monoisotopic (exact) mass is 341 g/mol. The van der Waals surface area contributed by atoms with Gasteiger partial charge in [-0.05, 0) is 17.7 Å². The molecule has 0 saturated carbocycles. The Morgan fingerprint density at radius 3 is 2.85 bits per heavy atom. The van der Waals surface area contributed by atoms with Crippen LogP contribution in [0.25, 0.3) is 0 Å². The van der Waals surface area contributed by atoms with Gasteiger partial charge >= 0.3 is 5.97 Å². The summed E-state index contributed by atoms with van der Waals surface area (Å²) in [6, 6.07) is 6.21. The van der Waals surface area contributed by atoms with E-state index in [-0.39, 0.29) is 25.5 Å². The van der Waals surface area contributed by atoms with Crippen LogP contribution in [0.4, 0.5) is 0 Å². The van der Waals surface area contributed by atoms with E-state index in [1.54, 1.807) is 6.07 Å². The molecular weight excluding hydrogens is 326 g/mol. The molecule has 20 heavy (non-hydrogen) atoms. The molecular formula is C14H16BrNO4. The largest absolute Gasteiger partial charge is 0.480 e. The first-order chi connectivity index (χ1) is 9.52. The first kappa shape index (κ1) is 16.4. The van der Waals surface area contributed by atoms with Gasteiger partial charge in [0, 0.05) is 4.47 Å². The summed E-state index contributed by atoms with van der Waals surface area (Å²) in [6.45, 7) is 3.61. The van der Waals surface area contributed by atoms with Crippen molar-refractivity contribution in [1.82, 2.24) is 5.32 Å². The van der Waals surface area contributed by atoms with Gasteiger partial charge in [-0.1, -0.05) is 34.1 Å². The number of hydrogen-bond donors (Lipinski definition) is 2. The maximum atomic E-state index is 11.8. The van der Waals surface area contributed by atoms with Gasteiger partial charge in [0.05, 0.1) is 19.6 Å². The molecule has 0 aliphatic heterocycles. The minimum atomic E-state index is -1.13. The van der Waals surface area contributed by atoms with E-state index in [0.717, 1.165) is 10.0 Å². The van der Waals surface area contributed by atoms with Gasteiger partial charge in [0.2, 0.25) is 5.91 Å². The number of hydrogen-bond acceptors (Lipinski definition) is 3. The molecule has 1 unspecified atom stereocenters. The van der Waals surface area contributed by atoms with Crippen molar-refractivity contribution in [1.29, 1.82) is 0 Å². The number of ether oxygens (including phenoxy) is 1. The Balaban J connectivity index is 2.53. The molecule has 1 aromatic rings. The van der Waals surface area contributed by atoms with Gasteiger partial charge in [0.15, 0.2) is 6.04 Å². The Morgan fingerprint density at radius 1 is 1.50 bits per heavy atom. The lowest BCUT2D eigenvalue weighted by Crippen LogP contribution is -2.44. The minimum absolute atomic E-state index is 0.0917. The highest BCUT2D eigenvalue weighted by Crippen LogP contribution is 2.12. The van der Waals surface area contributed by atoms with Gasteiger partial charge in [-0.25, -0.2) is 4.79 Å². The second-order valence-electron chi connectivity index (χ2n) is 4.09. The third kappa shape index (κ3) is 5.99. The third-order valence-corrected chi connectivity index (χ3v) is 2.90. The van der Waals surface area contributed by atoms with Crippen molar-refractivity contribution in [3.05, 3.63) is 47.0 Å². The maximum absolute atomic E-state index is 11.8. The SMILES string of the molecule is C=CCOCC(NC(=O)Cc1cccc(Br)c1)C(=O)O. The van der Waals surface area contributed by atoms with Crippen LogP contribution in [0.3, 0.4) is 0 Å². The highest BCUT2D eigenvalue weighted by Gasteiger charge is 2.20. The molecule has 0 spiro atoms. The molecule has 0 bridgehead atoms. The smallest absolute Gasteiger partial charge is 0.328 e. The standard InChI is InChI=1S/C14H16BrNO4/c1-2-6-20-9-12(14(18)19)16-13(17)8-10-4-3-5-11(15)7-10/h2-5,7,12H,1,6,8-9H2,(H,16,17)(H,18,19). The van der Waals surface area contributed by atoms with E-state index < -0.39 is 12.0 Å². The van der Waals surface area contributed by atoms with Crippen molar-refractivity contribution < 1.29 is 19.4 Å². The van der Waals surface area contributed by atoms with Crippen LogP contribution in [0.1, 0.15) is 5.56 Å². The topological polar surface area (TPSA) is 75.6 Å². The second-order valence-corrected chi connectivity index (χ2v) is 5.01. The summed E-state index contributed by atoms with van der Waals surface area (Å²) in [5.41, 5.74) is 0.799. The Kier molecular flexibility index (Phi) is 6.97. The van der Waals surface area contributed by atoms with Crippen LogP contribution in [0.5, 0.6) is 0 Å². The Morgan fingerprint density at radius 2 is 2.25 bits per heavy atom. The molecule has 6 heteroatoms. The Hall–Kier alpha value is -1.66. The molecule has 1 amide bonds. The van der Waals surface area contributed by atoms with Crippen molar-refractivity contribution in [2.24, 2.45) is 0 Å². The molecule has 0 heterocycles. The van der Waals surface area contributed by atoms with E-state index in [0.29, 0.717) is 0 Å². The fourth-order valence-electron chi connectivity index (χ4n) is 1.52. The first-order valence-electron chi connectivity index (χ1n) is 5.98. The fraction of sp³-hybridized carbons (Fsp3) is 0.286. The lowest BCUT2D eigenvalue weighted by molar-refractivity contribution is -0.143. The average molecular weight is 342 g/mol. The molecule has 1 atom stereocenters. The quantitative estimate of drug-likeness (QED) is 0.558. The van der Waals surface area contributed by atoms with Crippen molar-refractivity contribution >= 4 is 27.8 Å². The molecule has 5 nitrogen and oxygen atoms in total. The van der Waals surface area contributed by atoms with E-state index in [2.05, 4.69) is 27.8 Å². The number of benzene rings is 1. The number of carboxylic acids is 1. The van der Waals surface area contributed by atoms with Gasteiger partial charge in [0.25, 0.3) is 0 Å². The predicted molar refractivity (Wildman–Crippen MR) is 78.4 cm³/mol. The summed E-state index contributed by atoms with van der Waals surface area (Å²) in [5.74, 6) is -1.49. The summed E-state index contributed by atoms with van der Waals surface area (Å²) in [6.07, 6.45) is 1.63. The molecule has 0 aliphatic carbocycles. The predicted octanol–water partition coefficient (Wildman–Crippen LogP) is 1.76. The van der Waals surface area contributed by atoms with Crippen LogP contribution in [0, 0.1) is 0 Å². The van der Waals surface area contributed by atoms with Gasteiger partial charge < -0.3 is 15.2 Å². The summed E-state index contributed by atoms with van der Waals surface area (Å²) < 4.78 is 5.92. The molecule has 1 aromatic carbocycles. The first-order valence-corrected chi connectivity index (χ1v) is 6.77. The van der Waals surface area contributed by atoms with Gasteiger partial charge in [-0.3, -0.25) is 4.79 Å². The van der Waals surface area contributed by atoms with E-state index in [1.807, 2.05) is 18.2 Å². The fourth-order valence-corrected chi connectivity index (χ4v) is 1.97. The van der Waals surface area contributed by atoms with Crippen LogP contribution in [0.15, 0.2) is 41.4 Å². The van der Waals surface area contributed by atoms with Crippen LogP contribution in [-0.2, 0) is 20.7 Å². The molecule has 108 valence electrons. The molecule has 0 aliphatic rings. The zero-order valence-electron chi connectivity index (χ0n) is 10.8. The zero-order chi connectivity index (χ0) is 15.0. The van der Waals surface area contributed by atoms with Crippen molar-refractivity contribution in [3.8, 4) is 0 Å². The Labute approximate surface area is 125 Å². The molecule has 0 saturated heterocycles. The van der Waals surface area contributed by atoms with E-state index >= 15 is 0 Å². The van der Waals surface area contributed by atoms with Gasteiger partial charge in [0.1, 0.15) is 0 Å². The summed E-state index contributed by atoms with van der Waals surface area (Å²) >= 11 is 3.31. The molecule has 2 N–H and O–H groups in total. The molecule has 0 aromatic heterocycles. The normalized spacial score (nSPS) is 11.7. The van der Waals surface area contributed by atoms with Crippen LogP contribution in [-0.4, -0.2) is 36.2 Å². The zero-order valence-corrected chi connectivity index (χ0v) is 12.4. The number of amides is 1. The maximum Gasteiger partial charge on any atom is 0.328 e. The van der Waals surface area contributed by atoms with Crippen LogP contribution >= 0.6 is 15.9 Å². The number of carboxylic acid groups (broad SMARTS) is 1. The van der Waals surface area contributed by atoms with Crippen LogP contribution < -0.4 is 5.32 Å². The average Bonchev–Trinajstić information content (AvgIpc) is 2.37. The number of aliphatic carboxylic acids is 1. The lowest BCUT2D eigenvalue weighted by Gasteiger charge is -2.14. The van der Waals surface area contributed by atoms with Crippen molar-refractivity contribution in [2.45, 2.75) is 12.5 Å². The van der Waals surface area contributed by atoms with Crippen molar-refractivity contribution in [2.75, 3.05) is 13.2 Å². The van der Waals surface area contributed by atoms with E-state index in [4.69, 9.17) is 9.84 Å².